The fourth-order valence-electron chi connectivity index (χ4n) is 4.27. The summed E-state index contributed by atoms with van der Waals surface area (Å²) in [7, 11) is 0. The van der Waals surface area contributed by atoms with Crippen molar-refractivity contribution in [3.05, 3.63) is 115 Å². The summed E-state index contributed by atoms with van der Waals surface area (Å²) in [5.41, 5.74) is 3.51. The molecule has 2 N–H and O–H groups in total. The second-order valence-corrected chi connectivity index (χ2v) is 9.97. The minimum atomic E-state index is 0.236. The van der Waals surface area contributed by atoms with E-state index in [-0.39, 0.29) is 5.75 Å². The second-order valence-electron chi connectivity index (χ2n) is 8.85. The Morgan fingerprint density at radius 3 is 2.58 bits per heavy atom. The number of aromatic nitrogens is 3. The molecule has 38 heavy (non-hydrogen) atoms. The minimum absolute atomic E-state index is 0.236. The second kappa shape index (κ2) is 10.4. The smallest absolute Gasteiger partial charge is 0.164 e. The Labute approximate surface area is 224 Å². The van der Waals surface area contributed by atoms with Crippen LogP contribution in [0.1, 0.15) is 11.3 Å². The average Bonchev–Trinajstić information content (AvgIpc) is 2.94. The molecular formula is C31H24N4O2S. The lowest BCUT2D eigenvalue weighted by molar-refractivity contribution is 0.307. The van der Waals surface area contributed by atoms with Crippen LogP contribution >= 0.6 is 11.8 Å². The molecule has 0 aliphatic rings. The molecule has 0 bridgehead atoms. The van der Waals surface area contributed by atoms with E-state index in [0.717, 1.165) is 37.9 Å². The van der Waals surface area contributed by atoms with Crippen LogP contribution < -0.4 is 10.1 Å². The molecule has 6 aromatic rings. The van der Waals surface area contributed by atoms with E-state index in [1.165, 1.54) is 17.1 Å². The molecule has 0 fully saturated rings. The van der Waals surface area contributed by atoms with E-state index < -0.39 is 0 Å². The maximum Gasteiger partial charge on any atom is 0.164 e. The van der Waals surface area contributed by atoms with Crippen LogP contribution in [0.2, 0.25) is 0 Å². The van der Waals surface area contributed by atoms with Crippen molar-refractivity contribution in [3.8, 4) is 11.5 Å². The number of benzene rings is 4. The molecule has 186 valence electrons. The topological polar surface area (TPSA) is 80.2 Å². The third-order valence-corrected chi connectivity index (χ3v) is 7.26. The van der Waals surface area contributed by atoms with Gasteiger partial charge in [-0.25, -0.2) is 15.0 Å². The van der Waals surface area contributed by atoms with Crippen molar-refractivity contribution < 1.29 is 9.84 Å². The Morgan fingerprint density at radius 1 is 0.842 bits per heavy atom. The van der Waals surface area contributed by atoms with Crippen LogP contribution in [0, 0.1) is 6.92 Å². The fourth-order valence-corrected chi connectivity index (χ4v) is 5.15. The Balaban J connectivity index is 1.34. The molecule has 6 nitrogen and oxygen atoms in total. The number of phenols is 1. The number of hydrogen-bond donors (Lipinski definition) is 2. The van der Waals surface area contributed by atoms with E-state index >= 15 is 0 Å². The number of hydrogen-bond acceptors (Lipinski definition) is 7. The maximum absolute atomic E-state index is 9.69. The van der Waals surface area contributed by atoms with Gasteiger partial charge in [0.25, 0.3) is 0 Å². The summed E-state index contributed by atoms with van der Waals surface area (Å²) in [6, 6.07) is 31.7. The van der Waals surface area contributed by atoms with E-state index in [4.69, 9.17) is 4.74 Å². The summed E-state index contributed by atoms with van der Waals surface area (Å²) >= 11 is 1.59. The zero-order chi connectivity index (χ0) is 25.9. The van der Waals surface area contributed by atoms with Crippen molar-refractivity contribution in [2.45, 2.75) is 23.3 Å². The van der Waals surface area contributed by atoms with Crippen LogP contribution in [-0.4, -0.2) is 20.1 Å². The van der Waals surface area contributed by atoms with Crippen molar-refractivity contribution in [2.24, 2.45) is 0 Å². The highest BCUT2D eigenvalue weighted by Crippen LogP contribution is 2.38. The Bertz CT molecular complexity index is 1750. The van der Waals surface area contributed by atoms with E-state index in [9.17, 15) is 5.11 Å². The molecule has 0 saturated carbocycles. The van der Waals surface area contributed by atoms with Crippen LogP contribution in [0.15, 0.2) is 113 Å². The number of pyridine rings is 1. The van der Waals surface area contributed by atoms with Gasteiger partial charge in [-0.2, -0.15) is 0 Å². The van der Waals surface area contributed by atoms with Gasteiger partial charge in [-0.1, -0.05) is 54.2 Å². The van der Waals surface area contributed by atoms with Gasteiger partial charge in [-0.15, -0.1) is 0 Å². The van der Waals surface area contributed by atoms with Crippen LogP contribution in [-0.2, 0) is 6.61 Å². The number of anilines is 2. The molecule has 0 spiro atoms. The van der Waals surface area contributed by atoms with Crippen LogP contribution in [0.5, 0.6) is 11.5 Å². The first kappa shape index (κ1) is 23.8. The number of ether oxygens (including phenoxy) is 1. The normalized spacial score (nSPS) is 11.1. The zero-order valence-electron chi connectivity index (χ0n) is 20.6. The minimum Gasteiger partial charge on any atom is -0.508 e. The van der Waals surface area contributed by atoms with E-state index in [1.807, 2.05) is 61.5 Å². The lowest BCUT2D eigenvalue weighted by atomic mass is 10.1. The number of nitrogens with one attached hydrogen (secondary N) is 1. The monoisotopic (exact) mass is 516 g/mol. The SMILES string of the molecule is Cc1ccc2c(Nc3cc(OCc4cccc5ccccc45)ccc3Sc3ccc(O)cc3)ncnc2n1. The molecule has 0 amide bonds. The lowest BCUT2D eigenvalue weighted by Crippen LogP contribution is -2.01. The number of fused-ring (bicyclic) bond motifs is 2. The molecule has 0 aliphatic carbocycles. The molecule has 2 heterocycles. The summed E-state index contributed by atoms with van der Waals surface area (Å²) in [6.45, 7) is 2.39. The highest BCUT2D eigenvalue weighted by molar-refractivity contribution is 7.99. The van der Waals surface area contributed by atoms with Crippen LogP contribution in [0.25, 0.3) is 21.8 Å². The first-order chi connectivity index (χ1) is 18.6. The highest BCUT2D eigenvalue weighted by atomic mass is 32.2. The summed E-state index contributed by atoms with van der Waals surface area (Å²) in [5, 5.41) is 16.4. The van der Waals surface area contributed by atoms with Gasteiger partial charge in [0.05, 0.1) is 11.1 Å². The van der Waals surface area contributed by atoms with E-state index in [1.54, 1.807) is 23.9 Å². The third-order valence-electron chi connectivity index (χ3n) is 6.18. The van der Waals surface area contributed by atoms with E-state index in [0.29, 0.717) is 18.1 Å². The van der Waals surface area contributed by atoms with Crippen molar-refractivity contribution in [3.63, 3.8) is 0 Å². The molecule has 7 heteroatoms. The quantitative estimate of drug-likeness (QED) is 0.225. The largest absolute Gasteiger partial charge is 0.508 e. The molecule has 6 rings (SSSR count). The zero-order valence-corrected chi connectivity index (χ0v) is 21.4. The lowest BCUT2D eigenvalue weighted by Gasteiger charge is -2.15. The Morgan fingerprint density at radius 2 is 1.68 bits per heavy atom. The molecule has 0 saturated heterocycles. The Kier molecular flexibility index (Phi) is 6.50. The van der Waals surface area contributed by atoms with Gasteiger partial charge in [0, 0.05) is 21.6 Å². The van der Waals surface area contributed by atoms with E-state index in [2.05, 4.69) is 50.6 Å². The molecule has 0 atom stereocenters. The highest BCUT2D eigenvalue weighted by Gasteiger charge is 2.12. The molecule has 0 unspecified atom stereocenters. The van der Waals surface area contributed by atoms with Crippen LogP contribution in [0.4, 0.5) is 11.5 Å². The predicted octanol–water partition coefficient (Wildman–Crippen LogP) is 7.67. The average molecular weight is 517 g/mol. The fraction of sp³-hybridized carbons (Fsp3) is 0.0645. The first-order valence-electron chi connectivity index (χ1n) is 12.2. The van der Waals surface area contributed by atoms with Gasteiger partial charge in [0.2, 0.25) is 0 Å². The van der Waals surface area contributed by atoms with Gasteiger partial charge in [0.15, 0.2) is 5.65 Å². The number of phenolic OH excluding ortho intramolecular Hbond substituents is 1. The van der Waals surface area contributed by atoms with Crippen molar-refractivity contribution in [2.75, 3.05) is 5.32 Å². The van der Waals surface area contributed by atoms with Crippen molar-refractivity contribution >= 4 is 45.1 Å². The molecule has 0 radical (unpaired) electrons. The number of rotatable bonds is 7. The number of aryl methyl sites for hydroxylation is 1. The summed E-state index contributed by atoms with van der Waals surface area (Å²) in [6.07, 6.45) is 1.52. The molecule has 2 aromatic heterocycles. The van der Waals surface area contributed by atoms with Gasteiger partial charge in [0.1, 0.15) is 30.3 Å². The van der Waals surface area contributed by atoms with Gasteiger partial charge in [-0.05, 0) is 71.8 Å². The molecule has 4 aromatic carbocycles. The summed E-state index contributed by atoms with van der Waals surface area (Å²) in [5.74, 6) is 1.64. The van der Waals surface area contributed by atoms with Crippen LogP contribution in [0.3, 0.4) is 0 Å². The number of aromatic hydroxyl groups is 1. The van der Waals surface area contributed by atoms with Crippen molar-refractivity contribution in [1.82, 2.24) is 15.0 Å². The van der Waals surface area contributed by atoms with Crippen molar-refractivity contribution in [1.29, 1.82) is 0 Å². The summed E-state index contributed by atoms with van der Waals surface area (Å²) < 4.78 is 6.28. The third kappa shape index (κ3) is 5.10. The molecule has 0 aliphatic heterocycles. The van der Waals surface area contributed by atoms with Gasteiger partial charge < -0.3 is 15.2 Å². The first-order valence-corrected chi connectivity index (χ1v) is 13.0. The summed E-state index contributed by atoms with van der Waals surface area (Å²) in [4.78, 5) is 15.4. The maximum atomic E-state index is 9.69. The predicted molar refractivity (Wildman–Crippen MR) is 152 cm³/mol. The van der Waals surface area contributed by atoms with Gasteiger partial charge in [-0.3, -0.25) is 0 Å². The van der Waals surface area contributed by atoms with Gasteiger partial charge >= 0.3 is 0 Å². The number of nitrogens with zero attached hydrogens (tertiary/aromatic N) is 3. The standard InChI is InChI=1S/C31H24N4O2S/c1-20-9-15-27-30(34-20)32-19-33-31(27)35-28-17-24(12-16-29(28)38-25-13-10-23(36)11-14-25)37-18-22-7-4-6-21-5-2-3-8-26(21)22/h2-17,19,36H,18H2,1H3,(H,32,33,34,35). The molecular weight excluding hydrogens is 492 g/mol. The Hall–Kier alpha value is -4.62.